The lowest BCUT2D eigenvalue weighted by Gasteiger charge is -2.11. The first-order chi connectivity index (χ1) is 8.31. The molecule has 1 aromatic heterocycles. The molecule has 17 heavy (non-hydrogen) atoms. The Morgan fingerprint density at radius 3 is 2.94 bits per heavy atom. The summed E-state index contributed by atoms with van der Waals surface area (Å²) < 4.78 is 0. The summed E-state index contributed by atoms with van der Waals surface area (Å²) in [6.07, 6.45) is 5.07. The normalized spacial score (nSPS) is 23.9. The van der Waals surface area contributed by atoms with Gasteiger partial charge in [-0.1, -0.05) is 11.6 Å². The fraction of sp³-hybridized carbons (Fsp3) is 0.667. The Balaban J connectivity index is 1.64. The number of nitrogens with one attached hydrogen (secondary N) is 1. The third-order valence-corrected chi connectivity index (χ3v) is 4.78. The molecule has 0 bridgehead atoms. The average molecular weight is 270 g/mol. The summed E-state index contributed by atoms with van der Waals surface area (Å²) in [6, 6.07) is 1.83. The number of nitrogens with zero attached hydrogens (tertiary/aromatic N) is 2. The predicted molar refractivity (Wildman–Crippen MR) is 73.0 cm³/mol. The lowest BCUT2D eigenvalue weighted by Crippen LogP contribution is -2.15. The second kappa shape index (κ2) is 5.02. The maximum atomic E-state index is 6.02. The highest BCUT2D eigenvalue weighted by Gasteiger charge is 2.27. The van der Waals surface area contributed by atoms with Crippen LogP contribution in [0.3, 0.4) is 0 Å². The molecule has 0 spiro atoms. The predicted octanol–water partition coefficient (Wildman–Crippen LogP) is 3.31. The van der Waals surface area contributed by atoms with Gasteiger partial charge in [-0.15, -0.1) is 0 Å². The molecule has 1 saturated heterocycles. The fourth-order valence-electron chi connectivity index (χ4n) is 2.07. The third kappa shape index (κ3) is 3.05. The average Bonchev–Trinajstić information content (AvgIpc) is 3.04. The molecule has 0 radical (unpaired) electrons. The number of anilines is 1. The second-order valence-electron chi connectivity index (χ2n) is 4.72. The Bertz CT molecular complexity index is 403. The zero-order valence-electron chi connectivity index (χ0n) is 9.66. The molecule has 1 saturated carbocycles. The summed E-state index contributed by atoms with van der Waals surface area (Å²) >= 11 is 8.07. The van der Waals surface area contributed by atoms with E-state index >= 15 is 0 Å². The first-order valence-corrected chi connectivity index (χ1v) is 7.64. The van der Waals surface area contributed by atoms with Crippen molar-refractivity contribution in [1.29, 1.82) is 0 Å². The van der Waals surface area contributed by atoms with Gasteiger partial charge in [0.05, 0.1) is 0 Å². The Morgan fingerprint density at radius 1 is 1.35 bits per heavy atom. The van der Waals surface area contributed by atoms with Crippen molar-refractivity contribution in [2.24, 2.45) is 0 Å². The lowest BCUT2D eigenvalue weighted by atomic mass is 10.2. The molecule has 5 heteroatoms. The van der Waals surface area contributed by atoms with Gasteiger partial charge in [-0.3, -0.25) is 0 Å². The molecule has 1 atom stereocenters. The maximum Gasteiger partial charge on any atom is 0.135 e. The van der Waals surface area contributed by atoms with Crippen molar-refractivity contribution in [2.75, 3.05) is 17.6 Å². The van der Waals surface area contributed by atoms with Crippen molar-refractivity contribution >= 4 is 29.2 Å². The van der Waals surface area contributed by atoms with E-state index in [9.17, 15) is 0 Å². The highest BCUT2D eigenvalue weighted by Crippen LogP contribution is 2.38. The van der Waals surface area contributed by atoms with Crippen LogP contribution in [0.25, 0.3) is 0 Å². The van der Waals surface area contributed by atoms with Gasteiger partial charge < -0.3 is 5.32 Å². The van der Waals surface area contributed by atoms with Gasteiger partial charge in [0.15, 0.2) is 0 Å². The monoisotopic (exact) mass is 269 g/mol. The molecule has 0 amide bonds. The Hall–Kier alpha value is -0.480. The molecule has 2 heterocycles. The van der Waals surface area contributed by atoms with Crippen molar-refractivity contribution in [1.82, 2.24) is 9.97 Å². The van der Waals surface area contributed by atoms with Gasteiger partial charge in [-0.25, -0.2) is 9.97 Å². The zero-order chi connectivity index (χ0) is 11.7. The van der Waals surface area contributed by atoms with E-state index in [1.54, 1.807) is 0 Å². The van der Waals surface area contributed by atoms with Crippen LogP contribution in [0, 0.1) is 0 Å². The summed E-state index contributed by atoms with van der Waals surface area (Å²) in [5.41, 5.74) is 0. The van der Waals surface area contributed by atoms with Crippen LogP contribution >= 0.6 is 23.4 Å². The van der Waals surface area contributed by atoms with E-state index in [4.69, 9.17) is 11.6 Å². The Kier molecular flexibility index (Phi) is 3.43. The summed E-state index contributed by atoms with van der Waals surface area (Å²) in [6.45, 7) is 0.988. The lowest BCUT2D eigenvalue weighted by molar-refractivity contribution is 0.801. The minimum absolute atomic E-state index is 0.551. The van der Waals surface area contributed by atoms with E-state index in [2.05, 4.69) is 15.3 Å². The van der Waals surface area contributed by atoms with E-state index in [0.717, 1.165) is 23.4 Å². The van der Waals surface area contributed by atoms with Crippen LogP contribution in [0.1, 0.15) is 37.4 Å². The summed E-state index contributed by atoms with van der Waals surface area (Å²) in [5.74, 6) is 3.65. The molecule has 2 aliphatic rings. The van der Waals surface area contributed by atoms with Crippen molar-refractivity contribution in [3.63, 3.8) is 0 Å². The Labute approximate surface area is 111 Å². The van der Waals surface area contributed by atoms with E-state index in [0.29, 0.717) is 11.1 Å². The smallest absolute Gasteiger partial charge is 0.135 e. The number of aromatic nitrogens is 2. The molecule has 92 valence electrons. The van der Waals surface area contributed by atoms with Gasteiger partial charge in [0.25, 0.3) is 0 Å². The fourth-order valence-corrected chi connectivity index (χ4v) is 3.46. The zero-order valence-corrected chi connectivity index (χ0v) is 11.2. The summed E-state index contributed by atoms with van der Waals surface area (Å²) in [7, 11) is 0. The highest BCUT2D eigenvalue weighted by molar-refractivity contribution is 8.00. The minimum atomic E-state index is 0.551. The second-order valence-corrected chi connectivity index (χ2v) is 6.52. The van der Waals surface area contributed by atoms with Crippen LogP contribution in [0.4, 0.5) is 5.82 Å². The number of thioether (sulfide) groups is 1. The molecule has 1 aliphatic carbocycles. The molecule has 3 nitrogen and oxygen atoms in total. The first kappa shape index (κ1) is 11.6. The topological polar surface area (TPSA) is 37.8 Å². The molecular formula is C12H16ClN3S. The standard InChI is InChI=1S/C12H16ClN3S/c13-10-6-11(14-7-9-2-1-5-17-9)16-12(15-10)8-3-4-8/h6,8-9H,1-5,7H2,(H,14,15,16). The SMILES string of the molecule is Clc1cc(NCC2CCCS2)nc(C2CC2)n1. The van der Waals surface area contributed by atoms with Crippen LogP contribution in [0.5, 0.6) is 0 Å². The van der Waals surface area contributed by atoms with Gasteiger partial charge >= 0.3 is 0 Å². The van der Waals surface area contributed by atoms with Crippen molar-refractivity contribution in [3.05, 3.63) is 17.0 Å². The van der Waals surface area contributed by atoms with Crippen molar-refractivity contribution in [2.45, 2.75) is 36.9 Å². The van der Waals surface area contributed by atoms with Gasteiger partial charge in [-0.2, -0.15) is 11.8 Å². The number of hydrogen-bond donors (Lipinski definition) is 1. The quantitative estimate of drug-likeness (QED) is 0.851. The molecule has 1 aromatic rings. The summed E-state index contributed by atoms with van der Waals surface area (Å²) in [4.78, 5) is 8.83. The minimum Gasteiger partial charge on any atom is -0.369 e. The van der Waals surface area contributed by atoms with Crippen LogP contribution in [0.2, 0.25) is 5.15 Å². The van der Waals surface area contributed by atoms with E-state index in [1.165, 1.54) is 31.4 Å². The molecule has 1 N–H and O–H groups in total. The van der Waals surface area contributed by atoms with Gasteiger partial charge in [0, 0.05) is 23.8 Å². The largest absolute Gasteiger partial charge is 0.369 e. The molecule has 1 unspecified atom stereocenters. The number of hydrogen-bond acceptors (Lipinski definition) is 4. The maximum absolute atomic E-state index is 6.02. The van der Waals surface area contributed by atoms with Gasteiger partial charge in [0.1, 0.15) is 16.8 Å². The van der Waals surface area contributed by atoms with Crippen LogP contribution < -0.4 is 5.32 Å². The van der Waals surface area contributed by atoms with Gasteiger partial charge in [-0.05, 0) is 31.4 Å². The molecular weight excluding hydrogens is 254 g/mol. The molecule has 1 aliphatic heterocycles. The van der Waals surface area contributed by atoms with E-state index in [-0.39, 0.29) is 0 Å². The van der Waals surface area contributed by atoms with Crippen LogP contribution in [-0.2, 0) is 0 Å². The molecule has 2 fully saturated rings. The van der Waals surface area contributed by atoms with E-state index in [1.807, 2.05) is 17.8 Å². The third-order valence-electron chi connectivity index (χ3n) is 3.19. The first-order valence-electron chi connectivity index (χ1n) is 6.21. The van der Waals surface area contributed by atoms with Crippen molar-refractivity contribution < 1.29 is 0 Å². The number of rotatable bonds is 4. The highest BCUT2D eigenvalue weighted by atomic mass is 35.5. The van der Waals surface area contributed by atoms with Gasteiger partial charge in [0.2, 0.25) is 0 Å². The molecule has 3 rings (SSSR count). The number of halogens is 1. The van der Waals surface area contributed by atoms with Crippen molar-refractivity contribution in [3.8, 4) is 0 Å². The molecule has 0 aromatic carbocycles. The Morgan fingerprint density at radius 2 is 2.24 bits per heavy atom. The summed E-state index contributed by atoms with van der Waals surface area (Å²) in [5, 5.41) is 4.68. The van der Waals surface area contributed by atoms with Crippen LogP contribution in [0.15, 0.2) is 6.07 Å². The van der Waals surface area contributed by atoms with Crippen LogP contribution in [-0.4, -0.2) is 27.5 Å². The van der Waals surface area contributed by atoms with E-state index < -0.39 is 0 Å².